The lowest BCUT2D eigenvalue weighted by atomic mass is 10.2. The molecular formula is C41H36ClF6N11O8. The summed E-state index contributed by atoms with van der Waals surface area (Å²) in [6.45, 7) is 3.61. The molecule has 0 bridgehead atoms. The second-order valence-corrected chi connectivity index (χ2v) is 14.5. The van der Waals surface area contributed by atoms with E-state index in [0.29, 0.717) is 17.3 Å². The summed E-state index contributed by atoms with van der Waals surface area (Å²) >= 11 is 5.50. The molecular weight excluding hydrogens is 924 g/mol. The minimum absolute atomic E-state index is 0.0183. The number of fused-ring (bicyclic) bond motifs is 2. The average Bonchev–Trinajstić information content (AvgIpc) is 3.85. The highest BCUT2D eigenvalue weighted by molar-refractivity contribution is 6.17. The van der Waals surface area contributed by atoms with Gasteiger partial charge < -0.3 is 18.9 Å². The molecule has 67 heavy (non-hydrogen) atoms. The summed E-state index contributed by atoms with van der Waals surface area (Å²) in [5, 5.41) is 0. The van der Waals surface area contributed by atoms with Crippen LogP contribution in [0.3, 0.4) is 0 Å². The monoisotopic (exact) mass is 959 g/mol. The van der Waals surface area contributed by atoms with Crippen LogP contribution in [0.4, 0.5) is 32.2 Å². The summed E-state index contributed by atoms with van der Waals surface area (Å²) in [5.74, 6) is 1.20. The number of hydrogen-bond donors (Lipinski definition) is 0. The van der Waals surface area contributed by atoms with Crippen molar-refractivity contribution in [1.82, 2.24) is 47.8 Å². The molecule has 0 amide bonds. The number of halogens is 7. The van der Waals surface area contributed by atoms with Crippen molar-refractivity contribution in [2.24, 2.45) is 33.2 Å². The van der Waals surface area contributed by atoms with Crippen molar-refractivity contribution < 1.29 is 45.3 Å². The molecule has 0 saturated heterocycles. The summed E-state index contributed by atoms with van der Waals surface area (Å²) in [5.41, 5.74) is -0.268. The maximum absolute atomic E-state index is 12.9. The van der Waals surface area contributed by atoms with Crippen molar-refractivity contribution in [3.63, 3.8) is 0 Å². The molecule has 7 aromatic rings. The lowest BCUT2D eigenvalue weighted by Gasteiger charge is -2.12. The van der Waals surface area contributed by atoms with E-state index in [4.69, 9.17) is 21.1 Å². The van der Waals surface area contributed by atoms with Crippen LogP contribution in [0.1, 0.15) is 28.3 Å². The molecule has 1 aliphatic rings. The number of benzene rings is 2. The Hall–Kier alpha value is -7.83. The number of hydrogen-bond acceptors (Lipinski definition) is 14. The Morgan fingerprint density at radius 1 is 0.642 bits per heavy atom. The first-order valence-electron chi connectivity index (χ1n) is 19.2. The lowest BCUT2D eigenvalue weighted by molar-refractivity contribution is -0.275. The molecule has 6 heterocycles. The van der Waals surface area contributed by atoms with Gasteiger partial charge in [-0.1, -0.05) is 12.1 Å². The molecule has 0 N–H and O–H groups in total. The third-order valence-corrected chi connectivity index (χ3v) is 9.59. The smallest absolute Gasteiger partial charge is 0.442 e. The molecule has 5 aromatic heterocycles. The van der Waals surface area contributed by atoms with Crippen LogP contribution in [0.15, 0.2) is 97.5 Å². The topological polar surface area (TPSA) is 207 Å². The molecule has 0 aliphatic carbocycles. The standard InChI is InChI=1S/C20H17F3N6O4.C15H12F3N3O4.C6H7ClN2/c1-11-24-8-12(9-25-11)10-29-15-16(27(2)19(31)28(3)17(15)30)26-18(29)32-13-5-4-6-14(7-13)33-20(21,22)23;1-20-12-10(13(22)21(2)14(20)23)7-11(19-12)24-8-4-3-5-9(6-8)25-15(16,17)18;1-5-8-3-6(2-7)4-9-5/h4-9H,10H2,1-3H3;3-6H,7H2,1-2H3;3-4H,2H2,1H3. The maximum atomic E-state index is 12.9. The van der Waals surface area contributed by atoms with Crippen LogP contribution in [-0.4, -0.2) is 66.4 Å². The SMILES string of the molecule is Cc1ncc(CCl)cn1.Cc1ncc(Cn2c(Oc3cccc(OC(F)(F)F)c3)nc3c2c(=O)n(C)c(=O)n3C)cn1.Cn1c2c(c(=O)n(C)c1=O)CC(Oc1cccc(OC(F)(F)F)c1)=N2. The Morgan fingerprint density at radius 2 is 1.12 bits per heavy atom. The quantitative estimate of drug-likeness (QED) is 0.138. The van der Waals surface area contributed by atoms with E-state index in [9.17, 15) is 45.5 Å². The van der Waals surface area contributed by atoms with Gasteiger partial charge in [0, 0.05) is 76.2 Å². The summed E-state index contributed by atoms with van der Waals surface area (Å²) < 4.78 is 99.1. The van der Waals surface area contributed by atoms with Crippen LogP contribution in [-0.2, 0) is 47.0 Å². The Bertz CT molecular complexity index is 3220. The second kappa shape index (κ2) is 19.7. The van der Waals surface area contributed by atoms with Gasteiger partial charge in [0.15, 0.2) is 11.2 Å². The number of aryl methyl sites for hydroxylation is 3. The summed E-state index contributed by atoms with van der Waals surface area (Å²) in [4.78, 5) is 73.8. The fourth-order valence-electron chi connectivity index (χ4n) is 6.10. The van der Waals surface area contributed by atoms with E-state index in [1.807, 2.05) is 6.92 Å². The van der Waals surface area contributed by atoms with E-state index in [1.165, 1.54) is 66.2 Å². The minimum atomic E-state index is -4.87. The Balaban J connectivity index is 0.000000191. The predicted molar refractivity (Wildman–Crippen MR) is 227 cm³/mol. The predicted octanol–water partition coefficient (Wildman–Crippen LogP) is 5.44. The van der Waals surface area contributed by atoms with Gasteiger partial charge >= 0.3 is 30.1 Å². The van der Waals surface area contributed by atoms with Gasteiger partial charge in [-0.15, -0.1) is 37.9 Å². The Kier molecular flexibility index (Phi) is 14.3. The maximum Gasteiger partial charge on any atom is 0.573 e. The van der Waals surface area contributed by atoms with E-state index in [2.05, 4.69) is 39.4 Å². The van der Waals surface area contributed by atoms with Crippen molar-refractivity contribution in [2.75, 3.05) is 0 Å². The minimum Gasteiger partial charge on any atom is -0.442 e. The molecule has 0 fully saturated rings. The normalized spacial score (nSPS) is 12.0. The second-order valence-electron chi connectivity index (χ2n) is 14.2. The highest BCUT2D eigenvalue weighted by Gasteiger charge is 2.32. The van der Waals surface area contributed by atoms with Crippen LogP contribution in [0.25, 0.3) is 11.2 Å². The van der Waals surface area contributed by atoms with Crippen LogP contribution < -0.4 is 41.4 Å². The van der Waals surface area contributed by atoms with Crippen LogP contribution in [0.2, 0.25) is 0 Å². The summed E-state index contributed by atoms with van der Waals surface area (Å²) in [6.07, 6.45) is -3.08. The average molecular weight is 960 g/mol. The molecule has 0 radical (unpaired) electrons. The fourth-order valence-corrected chi connectivity index (χ4v) is 6.24. The van der Waals surface area contributed by atoms with E-state index in [-0.39, 0.29) is 58.9 Å². The number of alkyl halides is 7. The fraction of sp³-hybridized carbons (Fsp3) is 0.268. The summed E-state index contributed by atoms with van der Waals surface area (Å²) in [7, 11) is 5.58. The molecule has 2 aromatic carbocycles. The zero-order chi connectivity index (χ0) is 49.0. The number of imidazole rings is 1. The molecule has 26 heteroatoms. The van der Waals surface area contributed by atoms with Crippen molar-refractivity contribution in [1.29, 1.82) is 0 Å². The van der Waals surface area contributed by atoms with E-state index < -0.39 is 46.7 Å². The third-order valence-electron chi connectivity index (χ3n) is 9.28. The van der Waals surface area contributed by atoms with Gasteiger partial charge in [-0.05, 0) is 38.1 Å². The molecule has 0 unspecified atom stereocenters. The Labute approximate surface area is 377 Å². The summed E-state index contributed by atoms with van der Waals surface area (Å²) in [6, 6.07) is 9.68. The van der Waals surface area contributed by atoms with Crippen molar-refractivity contribution in [2.45, 2.75) is 45.4 Å². The molecule has 352 valence electrons. The van der Waals surface area contributed by atoms with Gasteiger partial charge in [-0.25, -0.2) is 29.5 Å². The molecule has 19 nitrogen and oxygen atoms in total. The van der Waals surface area contributed by atoms with Crippen molar-refractivity contribution in [3.8, 4) is 29.0 Å². The van der Waals surface area contributed by atoms with Gasteiger partial charge in [0.2, 0.25) is 5.90 Å². The van der Waals surface area contributed by atoms with Gasteiger partial charge in [-0.2, -0.15) is 9.98 Å². The van der Waals surface area contributed by atoms with Gasteiger partial charge in [0.05, 0.1) is 24.4 Å². The van der Waals surface area contributed by atoms with Crippen LogP contribution in [0.5, 0.6) is 29.0 Å². The van der Waals surface area contributed by atoms with E-state index in [1.54, 1.807) is 31.7 Å². The molecule has 0 atom stereocenters. The third kappa shape index (κ3) is 11.9. The largest absolute Gasteiger partial charge is 0.573 e. The number of nitrogens with zero attached hydrogens (tertiary/aromatic N) is 11. The lowest BCUT2D eigenvalue weighted by Crippen LogP contribution is -2.38. The number of ether oxygens (including phenoxy) is 4. The van der Waals surface area contributed by atoms with Crippen LogP contribution >= 0.6 is 11.6 Å². The number of aliphatic imine (C=N–C) groups is 1. The number of aromatic nitrogens is 10. The van der Waals surface area contributed by atoms with E-state index in [0.717, 1.165) is 44.8 Å². The first kappa shape index (κ1) is 48.6. The highest BCUT2D eigenvalue weighted by atomic mass is 35.5. The van der Waals surface area contributed by atoms with Crippen molar-refractivity contribution >= 4 is 34.5 Å². The van der Waals surface area contributed by atoms with Crippen molar-refractivity contribution in [3.05, 3.63) is 143 Å². The Morgan fingerprint density at radius 3 is 1.64 bits per heavy atom. The van der Waals surface area contributed by atoms with Gasteiger partial charge in [-0.3, -0.25) is 32.4 Å². The van der Waals surface area contributed by atoms with Gasteiger partial charge in [0.25, 0.3) is 11.1 Å². The van der Waals surface area contributed by atoms with E-state index >= 15 is 0 Å². The molecule has 1 aliphatic heterocycles. The first-order valence-corrected chi connectivity index (χ1v) is 19.8. The first-order chi connectivity index (χ1) is 31.5. The zero-order valence-corrected chi connectivity index (χ0v) is 36.6. The molecule has 0 spiro atoms. The van der Waals surface area contributed by atoms with Crippen LogP contribution in [0, 0.1) is 13.8 Å². The molecule has 8 rings (SSSR count). The highest BCUT2D eigenvalue weighted by Crippen LogP contribution is 2.31. The number of rotatable bonds is 8. The molecule has 0 saturated carbocycles. The zero-order valence-electron chi connectivity index (χ0n) is 35.9. The van der Waals surface area contributed by atoms with Gasteiger partial charge in [0.1, 0.15) is 40.5 Å².